The van der Waals surface area contributed by atoms with Gasteiger partial charge in [-0.15, -0.1) is 0 Å². The summed E-state index contributed by atoms with van der Waals surface area (Å²) in [6.07, 6.45) is 3.83. The molecule has 1 aromatic rings. The summed E-state index contributed by atoms with van der Waals surface area (Å²) in [7, 11) is 0. The molecule has 1 aromatic carbocycles. The Bertz CT molecular complexity index is 346. The first-order valence-electron chi connectivity index (χ1n) is 7.35. The maximum atomic E-state index is 5.55. The summed E-state index contributed by atoms with van der Waals surface area (Å²) in [5.74, 6) is 0. The first kappa shape index (κ1) is 14.5. The van der Waals surface area contributed by atoms with Crippen LogP contribution in [0.25, 0.3) is 0 Å². The molecule has 1 fully saturated rings. The van der Waals surface area contributed by atoms with Crippen LogP contribution in [-0.4, -0.2) is 32.4 Å². The smallest absolute Gasteiger partial charge is 0.0718 e. The predicted octanol–water partition coefficient (Wildman–Crippen LogP) is 2.53. The van der Waals surface area contributed by atoms with Gasteiger partial charge in [0.2, 0.25) is 0 Å². The minimum Gasteiger partial charge on any atom is -0.379 e. The molecule has 2 rings (SSSR count). The van der Waals surface area contributed by atoms with Gasteiger partial charge in [0, 0.05) is 12.6 Å². The van der Waals surface area contributed by atoms with Crippen molar-refractivity contribution < 1.29 is 9.47 Å². The molecule has 3 nitrogen and oxygen atoms in total. The molecule has 0 saturated heterocycles. The van der Waals surface area contributed by atoms with Gasteiger partial charge in [0.15, 0.2) is 0 Å². The summed E-state index contributed by atoms with van der Waals surface area (Å²) < 4.78 is 10.8. The fourth-order valence-corrected chi connectivity index (χ4v) is 1.96. The van der Waals surface area contributed by atoms with Crippen molar-refractivity contribution in [3.63, 3.8) is 0 Å². The van der Waals surface area contributed by atoms with Crippen LogP contribution in [0, 0.1) is 0 Å². The molecule has 3 heteroatoms. The second-order valence-corrected chi connectivity index (χ2v) is 5.04. The molecule has 1 saturated carbocycles. The van der Waals surface area contributed by atoms with Crippen LogP contribution in [0.4, 0.5) is 0 Å². The van der Waals surface area contributed by atoms with Crippen LogP contribution in [0.3, 0.4) is 0 Å². The Balaban J connectivity index is 1.59. The average Bonchev–Trinajstić information content (AvgIpc) is 3.24. The standard InChI is InChI=1S/C16H25NO2/c1-2-18-11-12-19-13-15-5-3-14(4-6-15)9-10-17-16-7-8-16/h3-6,16-17H,2,7-13H2,1H3. The molecule has 1 N–H and O–H groups in total. The van der Waals surface area contributed by atoms with E-state index in [4.69, 9.17) is 9.47 Å². The summed E-state index contributed by atoms with van der Waals surface area (Å²) in [6, 6.07) is 9.53. The van der Waals surface area contributed by atoms with Crippen molar-refractivity contribution >= 4 is 0 Å². The quantitative estimate of drug-likeness (QED) is 0.658. The summed E-state index contributed by atoms with van der Waals surface area (Å²) in [6.45, 7) is 5.87. The van der Waals surface area contributed by atoms with Gasteiger partial charge < -0.3 is 14.8 Å². The van der Waals surface area contributed by atoms with Crippen molar-refractivity contribution in [2.24, 2.45) is 0 Å². The van der Waals surface area contributed by atoms with E-state index < -0.39 is 0 Å². The van der Waals surface area contributed by atoms with E-state index in [2.05, 4.69) is 29.6 Å². The van der Waals surface area contributed by atoms with Crippen molar-refractivity contribution in [3.05, 3.63) is 35.4 Å². The summed E-state index contributed by atoms with van der Waals surface area (Å²) in [4.78, 5) is 0. The van der Waals surface area contributed by atoms with Crippen LogP contribution in [0.15, 0.2) is 24.3 Å². The fraction of sp³-hybridized carbons (Fsp3) is 0.625. The Kier molecular flexibility index (Phi) is 6.34. The van der Waals surface area contributed by atoms with Gasteiger partial charge in [-0.25, -0.2) is 0 Å². The van der Waals surface area contributed by atoms with Gasteiger partial charge in [0.05, 0.1) is 19.8 Å². The number of rotatable bonds is 10. The molecular weight excluding hydrogens is 238 g/mol. The number of nitrogens with one attached hydrogen (secondary N) is 1. The first-order chi connectivity index (χ1) is 9.38. The van der Waals surface area contributed by atoms with Gasteiger partial charge >= 0.3 is 0 Å². The number of hydrogen-bond donors (Lipinski definition) is 1. The Morgan fingerprint density at radius 3 is 2.42 bits per heavy atom. The van der Waals surface area contributed by atoms with Gasteiger partial charge in [-0.1, -0.05) is 24.3 Å². The first-order valence-corrected chi connectivity index (χ1v) is 7.35. The van der Waals surface area contributed by atoms with Crippen molar-refractivity contribution in [2.45, 2.75) is 38.8 Å². The van der Waals surface area contributed by atoms with Gasteiger partial charge in [0.25, 0.3) is 0 Å². The average molecular weight is 263 g/mol. The molecule has 1 aliphatic rings. The van der Waals surface area contributed by atoms with Gasteiger partial charge in [-0.2, -0.15) is 0 Å². The number of ether oxygens (including phenoxy) is 2. The van der Waals surface area contributed by atoms with Crippen molar-refractivity contribution in [1.82, 2.24) is 5.32 Å². The van der Waals surface area contributed by atoms with Crippen LogP contribution in [0.1, 0.15) is 30.9 Å². The molecule has 0 unspecified atom stereocenters. The van der Waals surface area contributed by atoms with E-state index in [1.54, 1.807) is 0 Å². The molecule has 0 aliphatic heterocycles. The second-order valence-electron chi connectivity index (χ2n) is 5.04. The minimum atomic E-state index is 0.668. The summed E-state index contributed by atoms with van der Waals surface area (Å²) in [5.41, 5.74) is 2.63. The van der Waals surface area contributed by atoms with E-state index in [-0.39, 0.29) is 0 Å². The largest absolute Gasteiger partial charge is 0.379 e. The van der Waals surface area contributed by atoms with E-state index in [0.717, 1.165) is 25.6 Å². The molecule has 0 amide bonds. The fourth-order valence-electron chi connectivity index (χ4n) is 1.96. The van der Waals surface area contributed by atoms with Crippen molar-refractivity contribution in [2.75, 3.05) is 26.4 Å². The van der Waals surface area contributed by atoms with E-state index in [0.29, 0.717) is 19.8 Å². The highest BCUT2D eigenvalue weighted by atomic mass is 16.5. The third kappa shape index (κ3) is 6.19. The zero-order valence-electron chi connectivity index (χ0n) is 11.9. The number of benzene rings is 1. The molecular formula is C16H25NO2. The van der Waals surface area contributed by atoms with E-state index in [1.165, 1.54) is 24.0 Å². The lowest BCUT2D eigenvalue weighted by molar-refractivity contribution is 0.0453. The highest BCUT2D eigenvalue weighted by molar-refractivity contribution is 5.22. The molecule has 1 aliphatic carbocycles. The zero-order chi connectivity index (χ0) is 13.3. The Labute approximate surface area is 116 Å². The van der Waals surface area contributed by atoms with Crippen molar-refractivity contribution in [1.29, 1.82) is 0 Å². The zero-order valence-corrected chi connectivity index (χ0v) is 11.9. The van der Waals surface area contributed by atoms with Crippen LogP contribution in [-0.2, 0) is 22.5 Å². The SMILES string of the molecule is CCOCCOCc1ccc(CCNC2CC2)cc1. The van der Waals surface area contributed by atoms with Crippen LogP contribution >= 0.6 is 0 Å². The number of hydrogen-bond acceptors (Lipinski definition) is 3. The monoisotopic (exact) mass is 263 g/mol. The van der Waals surface area contributed by atoms with Gasteiger partial charge in [-0.05, 0) is 43.9 Å². The summed E-state index contributed by atoms with van der Waals surface area (Å²) in [5, 5.41) is 3.53. The Hall–Kier alpha value is -0.900. The lowest BCUT2D eigenvalue weighted by Gasteiger charge is -2.06. The van der Waals surface area contributed by atoms with Crippen LogP contribution in [0.2, 0.25) is 0 Å². The van der Waals surface area contributed by atoms with Gasteiger partial charge in [0.1, 0.15) is 0 Å². The predicted molar refractivity (Wildman–Crippen MR) is 77.3 cm³/mol. The Morgan fingerprint density at radius 1 is 1.05 bits per heavy atom. The van der Waals surface area contributed by atoms with Crippen LogP contribution < -0.4 is 5.32 Å². The van der Waals surface area contributed by atoms with Crippen LogP contribution in [0.5, 0.6) is 0 Å². The lowest BCUT2D eigenvalue weighted by atomic mass is 10.1. The highest BCUT2D eigenvalue weighted by Crippen LogP contribution is 2.18. The van der Waals surface area contributed by atoms with E-state index in [9.17, 15) is 0 Å². The molecule has 0 atom stereocenters. The third-order valence-corrected chi connectivity index (χ3v) is 3.29. The second kappa shape index (κ2) is 8.31. The molecule has 19 heavy (non-hydrogen) atoms. The Morgan fingerprint density at radius 2 is 1.74 bits per heavy atom. The van der Waals surface area contributed by atoms with Gasteiger partial charge in [-0.3, -0.25) is 0 Å². The molecule has 0 aromatic heterocycles. The normalized spacial score (nSPS) is 14.8. The molecule has 106 valence electrons. The maximum Gasteiger partial charge on any atom is 0.0718 e. The van der Waals surface area contributed by atoms with Crippen molar-refractivity contribution in [3.8, 4) is 0 Å². The third-order valence-electron chi connectivity index (χ3n) is 3.29. The molecule has 0 bridgehead atoms. The molecule has 0 radical (unpaired) electrons. The minimum absolute atomic E-state index is 0.668. The summed E-state index contributed by atoms with van der Waals surface area (Å²) >= 11 is 0. The molecule has 0 spiro atoms. The maximum absolute atomic E-state index is 5.55. The highest BCUT2D eigenvalue weighted by Gasteiger charge is 2.19. The topological polar surface area (TPSA) is 30.5 Å². The molecule has 0 heterocycles. The lowest BCUT2D eigenvalue weighted by Crippen LogP contribution is -2.19. The van der Waals surface area contributed by atoms with E-state index in [1.807, 2.05) is 6.92 Å². The van der Waals surface area contributed by atoms with E-state index >= 15 is 0 Å².